The van der Waals surface area contributed by atoms with Crippen LogP contribution in [0.3, 0.4) is 0 Å². The molecule has 3 rings (SSSR count). The van der Waals surface area contributed by atoms with Gasteiger partial charge in [-0.3, -0.25) is 14.5 Å². The smallest absolute Gasteiger partial charge is 0.261 e. The highest BCUT2D eigenvalue weighted by Crippen LogP contribution is 2.34. The van der Waals surface area contributed by atoms with Gasteiger partial charge in [-0.05, 0) is 50.7 Å². The van der Waals surface area contributed by atoms with Crippen LogP contribution in [0.5, 0.6) is 0 Å². The second-order valence-corrected chi connectivity index (χ2v) is 6.27. The number of carbonyl (C=O) groups excluding carboxylic acids is 2. The summed E-state index contributed by atoms with van der Waals surface area (Å²) in [6.45, 7) is 2.28. The molecule has 2 aromatic carbocycles. The molecule has 2 aromatic rings. The molecule has 0 saturated heterocycles. The molecule has 0 saturated carbocycles. The minimum atomic E-state index is -0.307. The Balaban J connectivity index is 2.19. The Hall–Kier alpha value is -2.60. The number of likely N-dealkylation sites (N-methyl/N-ethyl adjacent to an activating group) is 1. The summed E-state index contributed by atoms with van der Waals surface area (Å²) in [5.74, 6) is -0.614. The first-order valence-electron chi connectivity index (χ1n) is 7.45. The number of amides is 2. The number of hydrogen-bond donors (Lipinski definition) is 2. The average Bonchev–Trinajstić information content (AvgIpc) is 2.47. The molecule has 23 heavy (non-hydrogen) atoms. The zero-order chi connectivity index (χ0) is 16.9. The van der Waals surface area contributed by atoms with Crippen LogP contribution >= 0.6 is 0 Å². The fraction of sp³-hybridized carbons (Fsp3) is 0.294. The van der Waals surface area contributed by atoms with E-state index < -0.39 is 0 Å². The fourth-order valence-electron chi connectivity index (χ4n) is 2.88. The Morgan fingerprint density at radius 3 is 1.91 bits per heavy atom. The maximum atomic E-state index is 12.8. The zero-order valence-corrected chi connectivity index (χ0v) is 13.5. The van der Waals surface area contributed by atoms with Crippen LogP contribution in [-0.4, -0.2) is 48.3 Å². The number of rotatable bonds is 3. The second kappa shape index (κ2) is 5.24. The predicted molar refractivity (Wildman–Crippen MR) is 91.3 cm³/mol. The van der Waals surface area contributed by atoms with Crippen molar-refractivity contribution in [3.63, 3.8) is 0 Å². The van der Waals surface area contributed by atoms with Crippen molar-refractivity contribution in [3.05, 3.63) is 35.4 Å². The van der Waals surface area contributed by atoms with E-state index in [1.165, 1.54) is 4.90 Å². The van der Waals surface area contributed by atoms with E-state index in [4.69, 9.17) is 11.5 Å². The van der Waals surface area contributed by atoms with E-state index >= 15 is 0 Å². The van der Waals surface area contributed by atoms with E-state index in [9.17, 15) is 9.59 Å². The van der Waals surface area contributed by atoms with Gasteiger partial charge < -0.3 is 16.4 Å². The van der Waals surface area contributed by atoms with Crippen molar-refractivity contribution in [1.29, 1.82) is 0 Å². The molecule has 0 aromatic heterocycles. The van der Waals surface area contributed by atoms with Gasteiger partial charge in [0.25, 0.3) is 11.8 Å². The summed E-state index contributed by atoms with van der Waals surface area (Å²) in [6, 6.07) is 6.77. The molecular formula is C17H20N4O2. The lowest BCUT2D eigenvalue weighted by atomic mass is 9.92. The van der Waals surface area contributed by atoms with E-state index in [2.05, 4.69) is 0 Å². The molecule has 0 spiro atoms. The third-order valence-electron chi connectivity index (χ3n) is 4.37. The number of nitrogen functional groups attached to an aromatic ring is 2. The van der Waals surface area contributed by atoms with Crippen LogP contribution in [0.2, 0.25) is 0 Å². The Bertz CT molecular complexity index is 772. The number of benzene rings is 2. The second-order valence-electron chi connectivity index (χ2n) is 6.27. The lowest BCUT2D eigenvalue weighted by molar-refractivity contribution is 0.0574. The highest BCUT2D eigenvalue weighted by Gasteiger charge is 2.34. The van der Waals surface area contributed by atoms with E-state index in [-0.39, 0.29) is 17.9 Å². The number of nitrogens with zero attached hydrogens (tertiary/aromatic N) is 2. The molecule has 0 aliphatic carbocycles. The summed E-state index contributed by atoms with van der Waals surface area (Å²) in [5.41, 5.74) is 13.7. The molecule has 6 nitrogen and oxygen atoms in total. The molecule has 0 radical (unpaired) electrons. The van der Waals surface area contributed by atoms with Crippen molar-refractivity contribution < 1.29 is 9.59 Å². The van der Waals surface area contributed by atoms with Crippen molar-refractivity contribution in [2.24, 2.45) is 0 Å². The lowest BCUT2D eigenvalue weighted by Crippen LogP contribution is -2.47. The van der Waals surface area contributed by atoms with Crippen molar-refractivity contribution in [2.75, 3.05) is 32.1 Å². The third kappa shape index (κ3) is 2.41. The minimum absolute atomic E-state index is 0.0436. The van der Waals surface area contributed by atoms with Gasteiger partial charge in [-0.15, -0.1) is 0 Å². The van der Waals surface area contributed by atoms with Gasteiger partial charge in [0.2, 0.25) is 0 Å². The summed E-state index contributed by atoms with van der Waals surface area (Å²) in [7, 11) is 3.82. The molecule has 1 atom stereocenters. The molecule has 4 N–H and O–H groups in total. The lowest BCUT2D eigenvalue weighted by Gasteiger charge is -2.31. The Morgan fingerprint density at radius 2 is 1.48 bits per heavy atom. The van der Waals surface area contributed by atoms with Crippen molar-refractivity contribution in [1.82, 2.24) is 9.80 Å². The molecule has 1 unspecified atom stereocenters. The molecular weight excluding hydrogens is 292 g/mol. The van der Waals surface area contributed by atoms with E-state index in [1.807, 2.05) is 25.9 Å². The van der Waals surface area contributed by atoms with E-state index in [0.29, 0.717) is 34.4 Å². The maximum Gasteiger partial charge on any atom is 0.261 e. The first-order chi connectivity index (χ1) is 10.8. The number of imide groups is 1. The molecule has 120 valence electrons. The number of anilines is 2. The van der Waals surface area contributed by atoms with Gasteiger partial charge in [0, 0.05) is 29.3 Å². The Kier molecular flexibility index (Phi) is 3.49. The summed E-state index contributed by atoms with van der Waals surface area (Å²) >= 11 is 0. The molecule has 2 amide bonds. The van der Waals surface area contributed by atoms with E-state index in [1.54, 1.807) is 24.3 Å². The van der Waals surface area contributed by atoms with Crippen molar-refractivity contribution in [2.45, 2.75) is 13.0 Å². The van der Waals surface area contributed by atoms with Crippen LogP contribution in [0.25, 0.3) is 10.8 Å². The molecule has 1 aliphatic heterocycles. The van der Waals surface area contributed by atoms with Crippen molar-refractivity contribution in [3.8, 4) is 0 Å². The minimum Gasteiger partial charge on any atom is -0.399 e. The van der Waals surface area contributed by atoms with Crippen LogP contribution in [-0.2, 0) is 0 Å². The number of nitrogens with two attached hydrogens (primary N) is 2. The van der Waals surface area contributed by atoms with Crippen LogP contribution in [0, 0.1) is 0 Å². The first kappa shape index (κ1) is 15.3. The summed E-state index contributed by atoms with van der Waals surface area (Å²) in [5, 5.41) is 1.36. The predicted octanol–water partition coefficient (Wildman–Crippen LogP) is 1.55. The van der Waals surface area contributed by atoms with Crippen LogP contribution in [0.15, 0.2) is 24.3 Å². The van der Waals surface area contributed by atoms with Gasteiger partial charge in [-0.25, -0.2) is 0 Å². The van der Waals surface area contributed by atoms with Gasteiger partial charge in [0.15, 0.2) is 0 Å². The number of carbonyl (C=O) groups is 2. The summed E-state index contributed by atoms with van der Waals surface area (Å²) < 4.78 is 0. The zero-order valence-electron chi connectivity index (χ0n) is 13.5. The van der Waals surface area contributed by atoms with Gasteiger partial charge in [-0.1, -0.05) is 0 Å². The third-order valence-corrected chi connectivity index (χ3v) is 4.37. The highest BCUT2D eigenvalue weighted by atomic mass is 16.2. The molecule has 1 heterocycles. The quantitative estimate of drug-likeness (QED) is 0.662. The molecule has 0 fully saturated rings. The Labute approximate surface area is 134 Å². The Morgan fingerprint density at radius 1 is 1.00 bits per heavy atom. The van der Waals surface area contributed by atoms with Crippen molar-refractivity contribution >= 4 is 34.0 Å². The standard InChI is InChI=1S/C17H20N4O2/c1-9(20(2)3)8-21-16(22)13-6-11(18)4-10-5-12(19)7-14(15(10)13)17(21)23/h4-7,9H,8,18-19H2,1-3H3. The number of hydrogen-bond acceptors (Lipinski definition) is 5. The summed E-state index contributed by atoms with van der Waals surface area (Å²) in [4.78, 5) is 28.9. The fourth-order valence-corrected chi connectivity index (χ4v) is 2.88. The average molecular weight is 312 g/mol. The van der Waals surface area contributed by atoms with E-state index in [0.717, 1.165) is 5.39 Å². The normalized spacial score (nSPS) is 15.6. The largest absolute Gasteiger partial charge is 0.399 e. The maximum absolute atomic E-state index is 12.8. The molecule has 1 aliphatic rings. The molecule has 0 bridgehead atoms. The molecule has 6 heteroatoms. The van der Waals surface area contributed by atoms with Gasteiger partial charge in [0.05, 0.1) is 11.1 Å². The van der Waals surface area contributed by atoms with Crippen LogP contribution in [0.4, 0.5) is 11.4 Å². The topological polar surface area (TPSA) is 92.7 Å². The summed E-state index contributed by atoms with van der Waals surface area (Å²) in [6.07, 6.45) is 0. The van der Waals surface area contributed by atoms with Gasteiger partial charge in [-0.2, -0.15) is 0 Å². The SMILES string of the molecule is CC(CN1C(=O)c2cc(N)cc3cc(N)cc(c23)C1=O)N(C)C. The highest BCUT2D eigenvalue weighted by molar-refractivity contribution is 6.26. The first-order valence-corrected chi connectivity index (χ1v) is 7.45. The van der Waals surface area contributed by atoms with Crippen LogP contribution in [0.1, 0.15) is 27.6 Å². The monoisotopic (exact) mass is 312 g/mol. The van der Waals surface area contributed by atoms with Gasteiger partial charge >= 0.3 is 0 Å². The van der Waals surface area contributed by atoms with Crippen LogP contribution < -0.4 is 11.5 Å². The van der Waals surface area contributed by atoms with Gasteiger partial charge in [0.1, 0.15) is 0 Å².